The van der Waals surface area contributed by atoms with Crippen LogP contribution in [-0.2, 0) is 0 Å². The predicted octanol–water partition coefficient (Wildman–Crippen LogP) is 0.817. The summed E-state index contributed by atoms with van der Waals surface area (Å²) in [6, 6.07) is 4.61. The molecule has 0 radical (unpaired) electrons. The Balaban J connectivity index is 1.70. The van der Waals surface area contributed by atoms with Crippen LogP contribution >= 0.6 is 11.8 Å². The molecule has 0 spiro atoms. The fourth-order valence-electron chi connectivity index (χ4n) is 2.19. The zero-order valence-corrected chi connectivity index (χ0v) is 12.7. The Morgan fingerprint density at radius 3 is 2.65 bits per heavy atom. The van der Waals surface area contributed by atoms with Crippen LogP contribution in [-0.4, -0.2) is 54.8 Å². The fraction of sp³-hybridized carbons (Fsp3) is 0.333. The molecule has 2 aromatic heterocycles. The minimum Gasteiger partial charge on any atom is -0.475 e. The molecule has 0 saturated carbocycles. The van der Waals surface area contributed by atoms with Crippen LogP contribution in [0.3, 0.4) is 0 Å². The lowest BCUT2D eigenvalue weighted by Gasteiger charge is -2.34. The summed E-state index contributed by atoms with van der Waals surface area (Å²) in [4.78, 5) is 7.95. The van der Waals surface area contributed by atoms with Gasteiger partial charge in [-0.1, -0.05) is 0 Å². The van der Waals surface area contributed by atoms with Gasteiger partial charge in [0.2, 0.25) is 0 Å². The quantitative estimate of drug-likeness (QED) is 0.762. The van der Waals surface area contributed by atoms with Crippen LogP contribution in [0, 0.1) is 5.82 Å². The molecule has 1 aliphatic rings. The maximum atomic E-state index is 13.2. The average molecular weight is 338 g/mol. The lowest BCUT2D eigenvalue weighted by atomic mass is 10.1. The molecule has 1 saturated heterocycles. The van der Waals surface area contributed by atoms with E-state index < -0.39 is 29.6 Å². The van der Waals surface area contributed by atoms with Gasteiger partial charge in [-0.15, -0.1) is 11.8 Å². The Hall–Kier alpha value is -1.74. The van der Waals surface area contributed by atoms with Crippen LogP contribution in [0.1, 0.15) is 0 Å². The third-order valence-corrected chi connectivity index (χ3v) is 4.68. The van der Waals surface area contributed by atoms with Gasteiger partial charge in [0.05, 0.1) is 24.2 Å². The molecule has 3 heterocycles. The van der Waals surface area contributed by atoms with Crippen LogP contribution in [0.15, 0.2) is 36.8 Å². The van der Waals surface area contributed by atoms with Crippen molar-refractivity contribution in [1.82, 2.24) is 9.97 Å². The van der Waals surface area contributed by atoms with Crippen molar-refractivity contribution in [1.29, 1.82) is 0 Å². The minimum absolute atomic E-state index is 0.267. The molecule has 8 heteroatoms. The molecule has 0 amide bonds. The average Bonchev–Trinajstić information content (AvgIpc) is 2.56. The number of aliphatic hydroxyl groups excluding tert-OH is 3. The second-order valence-electron chi connectivity index (χ2n) is 5.14. The Labute approximate surface area is 136 Å². The first kappa shape index (κ1) is 16.1. The summed E-state index contributed by atoms with van der Waals surface area (Å²) in [5, 5.41) is 29.0. The molecule has 1 fully saturated rings. The molecule has 0 bridgehead atoms. The van der Waals surface area contributed by atoms with E-state index in [0.717, 1.165) is 6.20 Å². The molecule has 6 nitrogen and oxygen atoms in total. The molecular formula is C15H15FN2O4S. The normalized spacial score (nSPS) is 27.7. The molecule has 4 atom stereocenters. The molecular weight excluding hydrogens is 323 g/mol. The number of hydrogen-bond acceptors (Lipinski definition) is 7. The van der Waals surface area contributed by atoms with Crippen molar-refractivity contribution >= 4 is 11.8 Å². The van der Waals surface area contributed by atoms with Crippen molar-refractivity contribution in [3.05, 3.63) is 42.6 Å². The number of ether oxygens (including phenoxy) is 1. The lowest BCUT2D eigenvalue weighted by molar-refractivity contribution is -0.0786. The van der Waals surface area contributed by atoms with Crippen LogP contribution in [0.5, 0.6) is 5.75 Å². The maximum Gasteiger partial charge on any atom is 0.173 e. The summed E-state index contributed by atoms with van der Waals surface area (Å²) < 4.78 is 18.8. The number of aromatic nitrogens is 2. The Morgan fingerprint density at radius 1 is 1.13 bits per heavy atom. The lowest BCUT2D eigenvalue weighted by Crippen LogP contribution is -2.50. The molecule has 0 aliphatic carbocycles. The van der Waals surface area contributed by atoms with Crippen molar-refractivity contribution in [3.8, 4) is 17.0 Å². The number of halogens is 1. The van der Waals surface area contributed by atoms with Gasteiger partial charge in [-0.05, 0) is 18.2 Å². The monoisotopic (exact) mass is 338 g/mol. The van der Waals surface area contributed by atoms with E-state index in [4.69, 9.17) is 4.74 Å². The van der Waals surface area contributed by atoms with Gasteiger partial charge in [-0.3, -0.25) is 9.97 Å². The van der Waals surface area contributed by atoms with Gasteiger partial charge in [0.25, 0.3) is 0 Å². The first-order valence-electron chi connectivity index (χ1n) is 6.94. The summed E-state index contributed by atoms with van der Waals surface area (Å²) in [6.07, 6.45) is 0.649. The molecule has 3 N–H and O–H groups in total. The summed E-state index contributed by atoms with van der Waals surface area (Å²) in [7, 11) is 0. The Bertz CT molecular complexity index is 673. The highest BCUT2D eigenvalue weighted by Gasteiger charge is 2.38. The summed E-state index contributed by atoms with van der Waals surface area (Å²) in [5.41, 5.74) is 0.385. The predicted molar refractivity (Wildman–Crippen MR) is 82.3 cm³/mol. The van der Waals surface area contributed by atoms with E-state index >= 15 is 0 Å². The number of pyridine rings is 2. The van der Waals surface area contributed by atoms with E-state index in [1.165, 1.54) is 30.2 Å². The highest BCUT2D eigenvalue weighted by atomic mass is 32.2. The second-order valence-corrected chi connectivity index (χ2v) is 6.27. The number of rotatable bonds is 3. The molecule has 3 rings (SSSR count). The fourth-order valence-corrected chi connectivity index (χ4v) is 3.31. The van der Waals surface area contributed by atoms with Gasteiger partial charge in [0.15, 0.2) is 5.44 Å². The van der Waals surface area contributed by atoms with E-state index in [1.807, 2.05) is 0 Å². The molecule has 0 unspecified atom stereocenters. The molecule has 23 heavy (non-hydrogen) atoms. The molecule has 122 valence electrons. The van der Waals surface area contributed by atoms with Crippen molar-refractivity contribution in [2.45, 2.75) is 23.7 Å². The SMILES string of the molecule is O[C@@H]1[C@@H](O)[C@H](Oc2ccc(-c3cncc(F)c3)nc2)SC[C@H]1O. The zero-order valence-electron chi connectivity index (χ0n) is 11.9. The van der Waals surface area contributed by atoms with Crippen molar-refractivity contribution in [3.63, 3.8) is 0 Å². The molecule has 2 aromatic rings. The Morgan fingerprint density at radius 2 is 1.96 bits per heavy atom. The van der Waals surface area contributed by atoms with E-state index in [9.17, 15) is 19.7 Å². The van der Waals surface area contributed by atoms with E-state index in [-0.39, 0.29) is 5.75 Å². The molecule has 0 aromatic carbocycles. The first-order chi connectivity index (χ1) is 11.0. The van der Waals surface area contributed by atoms with Gasteiger partial charge in [-0.2, -0.15) is 0 Å². The summed E-state index contributed by atoms with van der Waals surface area (Å²) in [5.74, 6) is 0.223. The van der Waals surface area contributed by atoms with E-state index in [0.29, 0.717) is 17.0 Å². The summed E-state index contributed by atoms with van der Waals surface area (Å²) in [6.45, 7) is 0. The number of hydrogen-bond donors (Lipinski definition) is 3. The first-order valence-corrected chi connectivity index (χ1v) is 7.99. The van der Waals surface area contributed by atoms with Crippen LogP contribution in [0.4, 0.5) is 4.39 Å². The second kappa shape index (κ2) is 6.79. The van der Waals surface area contributed by atoms with E-state index in [1.54, 1.807) is 12.1 Å². The standard InChI is InChI=1S/C15H15FN2O4S/c16-9-3-8(4-17-5-9)11-2-1-10(6-18-11)22-15-14(21)13(20)12(19)7-23-15/h1-6,12-15,19-21H,7H2/t12-,13+,14-,15-/m1/s1. The van der Waals surface area contributed by atoms with Crippen molar-refractivity contribution in [2.24, 2.45) is 0 Å². The Kier molecular flexibility index (Phi) is 4.76. The van der Waals surface area contributed by atoms with Gasteiger partial charge in [-0.25, -0.2) is 4.39 Å². The highest BCUT2D eigenvalue weighted by Crippen LogP contribution is 2.29. The van der Waals surface area contributed by atoms with Gasteiger partial charge < -0.3 is 20.1 Å². The third-order valence-electron chi connectivity index (χ3n) is 3.44. The maximum absolute atomic E-state index is 13.2. The largest absolute Gasteiger partial charge is 0.475 e. The topological polar surface area (TPSA) is 95.7 Å². The van der Waals surface area contributed by atoms with Gasteiger partial charge in [0, 0.05) is 17.5 Å². The zero-order chi connectivity index (χ0) is 16.4. The van der Waals surface area contributed by atoms with Crippen LogP contribution in [0.2, 0.25) is 0 Å². The van der Waals surface area contributed by atoms with Crippen molar-refractivity contribution < 1.29 is 24.4 Å². The number of thioether (sulfide) groups is 1. The minimum atomic E-state index is -1.24. The molecule has 1 aliphatic heterocycles. The summed E-state index contributed by atoms with van der Waals surface area (Å²) >= 11 is 1.21. The van der Waals surface area contributed by atoms with Crippen LogP contribution < -0.4 is 4.74 Å². The number of nitrogens with zero attached hydrogens (tertiary/aromatic N) is 2. The van der Waals surface area contributed by atoms with E-state index in [2.05, 4.69) is 9.97 Å². The number of aliphatic hydroxyl groups is 3. The highest BCUT2D eigenvalue weighted by molar-refractivity contribution is 7.99. The van der Waals surface area contributed by atoms with Crippen LogP contribution in [0.25, 0.3) is 11.3 Å². The van der Waals surface area contributed by atoms with Gasteiger partial charge >= 0.3 is 0 Å². The van der Waals surface area contributed by atoms with Crippen molar-refractivity contribution in [2.75, 3.05) is 5.75 Å². The van der Waals surface area contributed by atoms with Gasteiger partial charge in [0.1, 0.15) is 23.8 Å². The smallest absolute Gasteiger partial charge is 0.173 e. The third kappa shape index (κ3) is 3.61.